The van der Waals surface area contributed by atoms with Gasteiger partial charge in [0.15, 0.2) is 0 Å². The molecule has 1 aromatic heterocycles. The fraction of sp³-hybridized carbons (Fsp3) is 0.304. The fourth-order valence-electron chi connectivity index (χ4n) is 3.63. The Bertz CT molecular complexity index is 1100. The molecule has 1 saturated carbocycles. The van der Waals surface area contributed by atoms with E-state index >= 15 is 0 Å². The maximum atomic E-state index is 9.53. The minimum atomic E-state index is 0.435. The Balaban J connectivity index is 1.76. The standard InChI is InChI=1S/C23H22ClN3O2/c1-28-13-17-12-27-23-18(16-4-5-16)7-15(10-25)8-19(23)22(17)26-11-14-3-6-21(29-2)20(24)9-14/h3,6-9,12,16H,4-5,11,13H2,1-2H3,(H,26,27). The van der Waals surface area contributed by atoms with Gasteiger partial charge in [-0.15, -0.1) is 0 Å². The van der Waals surface area contributed by atoms with Gasteiger partial charge in [0, 0.05) is 30.8 Å². The van der Waals surface area contributed by atoms with Gasteiger partial charge in [-0.3, -0.25) is 4.98 Å². The zero-order valence-electron chi connectivity index (χ0n) is 16.5. The Labute approximate surface area is 175 Å². The number of anilines is 1. The molecule has 5 nitrogen and oxygen atoms in total. The molecule has 0 radical (unpaired) electrons. The monoisotopic (exact) mass is 407 g/mol. The van der Waals surface area contributed by atoms with E-state index < -0.39 is 0 Å². The van der Waals surface area contributed by atoms with Crippen LogP contribution in [0.5, 0.6) is 5.75 Å². The number of ether oxygens (including phenoxy) is 2. The summed E-state index contributed by atoms with van der Waals surface area (Å²) >= 11 is 6.27. The van der Waals surface area contributed by atoms with Crippen molar-refractivity contribution in [3.63, 3.8) is 0 Å². The number of rotatable bonds is 7. The normalized spacial score (nSPS) is 13.3. The Morgan fingerprint density at radius 1 is 1.24 bits per heavy atom. The van der Waals surface area contributed by atoms with Crippen molar-refractivity contribution >= 4 is 28.2 Å². The lowest BCUT2D eigenvalue weighted by Gasteiger charge is -2.17. The molecule has 1 aliphatic rings. The molecule has 4 rings (SSSR count). The van der Waals surface area contributed by atoms with Crippen LogP contribution in [0.3, 0.4) is 0 Å². The number of nitriles is 1. The molecule has 6 heteroatoms. The van der Waals surface area contributed by atoms with Crippen LogP contribution in [0, 0.1) is 11.3 Å². The minimum Gasteiger partial charge on any atom is -0.495 e. The van der Waals surface area contributed by atoms with Crippen LogP contribution in [0.25, 0.3) is 10.9 Å². The van der Waals surface area contributed by atoms with Crippen molar-refractivity contribution in [2.45, 2.75) is 31.9 Å². The van der Waals surface area contributed by atoms with Crippen molar-refractivity contribution in [2.24, 2.45) is 0 Å². The predicted molar refractivity (Wildman–Crippen MR) is 114 cm³/mol. The second-order valence-corrected chi connectivity index (χ2v) is 7.67. The van der Waals surface area contributed by atoms with Crippen molar-refractivity contribution in [2.75, 3.05) is 19.5 Å². The molecule has 148 valence electrons. The zero-order chi connectivity index (χ0) is 20.4. The minimum absolute atomic E-state index is 0.435. The lowest BCUT2D eigenvalue weighted by atomic mass is 9.99. The van der Waals surface area contributed by atoms with Gasteiger partial charge in [-0.1, -0.05) is 17.7 Å². The molecule has 1 N–H and O–H groups in total. The Kier molecular flexibility index (Phi) is 5.57. The van der Waals surface area contributed by atoms with Gasteiger partial charge in [-0.25, -0.2) is 0 Å². The number of fused-ring (bicyclic) bond motifs is 1. The summed E-state index contributed by atoms with van der Waals surface area (Å²) in [7, 11) is 3.27. The van der Waals surface area contributed by atoms with Crippen LogP contribution in [0.2, 0.25) is 5.02 Å². The molecule has 0 saturated heterocycles. The van der Waals surface area contributed by atoms with Gasteiger partial charge in [0.05, 0.1) is 41.6 Å². The number of pyridine rings is 1. The third-order valence-electron chi connectivity index (χ3n) is 5.21. The summed E-state index contributed by atoms with van der Waals surface area (Å²) in [6.07, 6.45) is 4.17. The van der Waals surface area contributed by atoms with Gasteiger partial charge in [-0.05, 0) is 54.2 Å². The predicted octanol–water partition coefficient (Wildman–Crippen LogP) is 5.40. The molecule has 0 bridgehead atoms. The van der Waals surface area contributed by atoms with E-state index in [4.69, 9.17) is 26.1 Å². The van der Waals surface area contributed by atoms with Crippen molar-refractivity contribution in [1.29, 1.82) is 5.26 Å². The quantitative estimate of drug-likeness (QED) is 0.567. The molecule has 0 atom stereocenters. The van der Waals surface area contributed by atoms with E-state index in [0.29, 0.717) is 35.4 Å². The van der Waals surface area contributed by atoms with E-state index in [9.17, 15) is 5.26 Å². The highest BCUT2D eigenvalue weighted by atomic mass is 35.5. The number of nitrogens with zero attached hydrogens (tertiary/aromatic N) is 2. The summed E-state index contributed by atoms with van der Waals surface area (Å²) in [4.78, 5) is 4.72. The second kappa shape index (κ2) is 8.28. The zero-order valence-corrected chi connectivity index (χ0v) is 17.2. The number of benzene rings is 2. The largest absolute Gasteiger partial charge is 0.495 e. The average molecular weight is 408 g/mol. The fourth-order valence-corrected chi connectivity index (χ4v) is 3.91. The van der Waals surface area contributed by atoms with Gasteiger partial charge >= 0.3 is 0 Å². The number of aromatic nitrogens is 1. The maximum Gasteiger partial charge on any atom is 0.137 e. The van der Waals surface area contributed by atoms with Crippen molar-refractivity contribution in [3.05, 3.63) is 63.8 Å². The summed E-state index contributed by atoms with van der Waals surface area (Å²) in [6.45, 7) is 1.01. The van der Waals surface area contributed by atoms with Crippen LogP contribution in [0.15, 0.2) is 36.5 Å². The molecule has 1 heterocycles. The highest BCUT2D eigenvalue weighted by Crippen LogP contribution is 2.44. The van der Waals surface area contributed by atoms with Crippen LogP contribution in [-0.4, -0.2) is 19.2 Å². The summed E-state index contributed by atoms with van der Waals surface area (Å²) in [6, 6.07) is 11.9. The Hall–Kier alpha value is -2.81. The van der Waals surface area contributed by atoms with Gasteiger partial charge < -0.3 is 14.8 Å². The molecule has 3 aromatic rings. The molecular formula is C23H22ClN3O2. The molecule has 1 fully saturated rings. The van der Waals surface area contributed by atoms with Crippen LogP contribution >= 0.6 is 11.6 Å². The second-order valence-electron chi connectivity index (χ2n) is 7.26. The van der Waals surface area contributed by atoms with Crippen molar-refractivity contribution in [1.82, 2.24) is 4.98 Å². The molecule has 0 spiro atoms. The highest BCUT2D eigenvalue weighted by molar-refractivity contribution is 6.32. The molecular weight excluding hydrogens is 386 g/mol. The van der Waals surface area contributed by atoms with Crippen LogP contribution in [0.1, 0.15) is 41.0 Å². The van der Waals surface area contributed by atoms with E-state index in [-0.39, 0.29) is 0 Å². The van der Waals surface area contributed by atoms with Crippen molar-refractivity contribution in [3.8, 4) is 11.8 Å². The molecule has 29 heavy (non-hydrogen) atoms. The Morgan fingerprint density at radius 2 is 2.07 bits per heavy atom. The van der Waals surface area contributed by atoms with Gasteiger partial charge in [0.25, 0.3) is 0 Å². The van der Waals surface area contributed by atoms with E-state index in [1.165, 1.54) is 5.56 Å². The summed E-state index contributed by atoms with van der Waals surface area (Å²) in [5, 5.41) is 14.6. The van der Waals surface area contributed by atoms with Gasteiger partial charge in [0.2, 0.25) is 0 Å². The molecule has 2 aromatic carbocycles. The third kappa shape index (κ3) is 4.00. The first-order chi connectivity index (χ1) is 14.1. The third-order valence-corrected chi connectivity index (χ3v) is 5.51. The van der Waals surface area contributed by atoms with Gasteiger partial charge in [0.1, 0.15) is 5.75 Å². The Morgan fingerprint density at radius 3 is 2.72 bits per heavy atom. The molecule has 0 amide bonds. The topological polar surface area (TPSA) is 67.2 Å². The van der Waals surface area contributed by atoms with E-state index in [1.54, 1.807) is 14.2 Å². The molecule has 1 aliphatic carbocycles. The highest BCUT2D eigenvalue weighted by Gasteiger charge is 2.27. The van der Waals surface area contributed by atoms with E-state index in [1.807, 2.05) is 36.5 Å². The van der Waals surface area contributed by atoms with Crippen LogP contribution in [-0.2, 0) is 17.9 Å². The van der Waals surface area contributed by atoms with Gasteiger partial charge in [-0.2, -0.15) is 5.26 Å². The number of hydrogen-bond acceptors (Lipinski definition) is 5. The summed E-state index contributed by atoms with van der Waals surface area (Å²) < 4.78 is 10.6. The summed E-state index contributed by atoms with van der Waals surface area (Å²) in [5.74, 6) is 1.15. The number of hydrogen-bond donors (Lipinski definition) is 1. The van der Waals surface area contributed by atoms with Crippen molar-refractivity contribution < 1.29 is 9.47 Å². The lowest BCUT2D eigenvalue weighted by Crippen LogP contribution is -2.06. The number of nitrogens with one attached hydrogen (secondary N) is 1. The number of halogens is 1. The molecule has 0 unspecified atom stereocenters. The van der Waals surface area contributed by atoms with Crippen LogP contribution in [0.4, 0.5) is 5.69 Å². The van der Waals surface area contributed by atoms with E-state index in [2.05, 4.69) is 11.4 Å². The molecule has 0 aliphatic heterocycles. The SMILES string of the molecule is COCc1cnc2c(C3CC3)cc(C#N)cc2c1NCc1ccc(OC)c(Cl)c1. The first-order valence-corrected chi connectivity index (χ1v) is 9.93. The lowest BCUT2D eigenvalue weighted by molar-refractivity contribution is 0.185. The maximum absolute atomic E-state index is 9.53. The van der Waals surface area contributed by atoms with Crippen LogP contribution < -0.4 is 10.1 Å². The summed E-state index contributed by atoms with van der Waals surface area (Å²) in [5.41, 5.74) is 5.72. The number of methoxy groups -OCH3 is 2. The first-order valence-electron chi connectivity index (χ1n) is 9.55. The van der Waals surface area contributed by atoms with E-state index in [0.717, 1.165) is 40.6 Å². The smallest absolute Gasteiger partial charge is 0.137 e. The average Bonchev–Trinajstić information content (AvgIpc) is 3.57. The first kappa shape index (κ1) is 19.5.